The van der Waals surface area contributed by atoms with Crippen LogP contribution in [0.25, 0.3) is 0 Å². The largest absolute Gasteiger partial charge is 0.336 e. The molecule has 0 aliphatic heterocycles. The monoisotopic (exact) mass is 436 g/mol. The molecule has 0 bridgehead atoms. The van der Waals surface area contributed by atoms with Gasteiger partial charge in [-0.2, -0.15) is 0 Å². The lowest BCUT2D eigenvalue weighted by Gasteiger charge is -2.17. The number of aromatic nitrogens is 1. The molecule has 8 heteroatoms. The van der Waals surface area contributed by atoms with Crippen LogP contribution in [0.1, 0.15) is 28.5 Å². The molecule has 0 saturated heterocycles. The van der Waals surface area contributed by atoms with E-state index in [1.165, 1.54) is 16.2 Å². The quantitative estimate of drug-likeness (QED) is 0.564. The van der Waals surface area contributed by atoms with Crippen LogP contribution in [0.5, 0.6) is 0 Å². The van der Waals surface area contributed by atoms with Crippen LogP contribution in [0.3, 0.4) is 0 Å². The highest BCUT2D eigenvalue weighted by atomic mass is 32.1. The molecule has 0 saturated carbocycles. The van der Waals surface area contributed by atoms with E-state index in [4.69, 9.17) is 0 Å². The van der Waals surface area contributed by atoms with Gasteiger partial charge in [0.05, 0.1) is 18.7 Å². The van der Waals surface area contributed by atoms with E-state index in [1.807, 2.05) is 37.3 Å². The number of hydrogen-bond acceptors (Lipinski definition) is 5. The van der Waals surface area contributed by atoms with Crippen LogP contribution in [0, 0.1) is 0 Å². The van der Waals surface area contributed by atoms with Crippen molar-refractivity contribution < 1.29 is 14.4 Å². The first kappa shape index (κ1) is 22.2. The number of benzene rings is 2. The molecule has 0 atom stereocenters. The molecule has 31 heavy (non-hydrogen) atoms. The molecule has 0 spiro atoms. The number of carbonyl (C=O) groups excluding carboxylic acids is 3. The molecule has 2 N–H and O–H groups in total. The van der Waals surface area contributed by atoms with Gasteiger partial charge in [-0.15, -0.1) is 11.3 Å². The lowest BCUT2D eigenvalue weighted by Crippen LogP contribution is -2.36. The molecule has 3 amide bonds. The Labute approximate surface area is 185 Å². The summed E-state index contributed by atoms with van der Waals surface area (Å²) in [5.74, 6) is -0.745. The second-order valence-electron chi connectivity index (χ2n) is 6.95. The molecule has 0 aliphatic carbocycles. The van der Waals surface area contributed by atoms with Crippen LogP contribution < -0.4 is 10.6 Å². The number of thiazole rings is 1. The SMILES string of the molecule is CCc1ccccc1NC(=O)CN(C)C(=O)Cc1csc(NC(=O)c2ccccc2)n1. The third kappa shape index (κ3) is 6.23. The smallest absolute Gasteiger partial charge is 0.257 e. The number of carbonyl (C=O) groups is 3. The number of anilines is 2. The Balaban J connectivity index is 1.51. The van der Waals surface area contributed by atoms with Gasteiger partial charge in [-0.05, 0) is 30.2 Å². The summed E-state index contributed by atoms with van der Waals surface area (Å²) in [6.07, 6.45) is 0.852. The van der Waals surface area contributed by atoms with E-state index in [2.05, 4.69) is 15.6 Å². The van der Waals surface area contributed by atoms with E-state index >= 15 is 0 Å². The summed E-state index contributed by atoms with van der Waals surface area (Å²) in [4.78, 5) is 42.7. The number of hydrogen-bond donors (Lipinski definition) is 2. The zero-order valence-corrected chi connectivity index (χ0v) is 18.2. The van der Waals surface area contributed by atoms with Crippen LogP contribution in [-0.4, -0.2) is 41.2 Å². The first-order valence-electron chi connectivity index (χ1n) is 9.88. The molecule has 2 aromatic carbocycles. The number of likely N-dealkylation sites (N-methyl/N-ethyl adjacent to an activating group) is 1. The van der Waals surface area contributed by atoms with Crippen LogP contribution >= 0.6 is 11.3 Å². The van der Waals surface area contributed by atoms with Crippen LogP contribution in [0.4, 0.5) is 10.8 Å². The Bertz CT molecular complexity index is 1070. The molecule has 1 aromatic heterocycles. The van der Waals surface area contributed by atoms with E-state index in [1.54, 1.807) is 36.7 Å². The summed E-state index contributed by atoms with van der Waals surface area (Å²) in [5.41, 5.74) is 2.87. The molecular weight excluding hydrogens is 412 g/mol. The number of rotatable bonds is 8. The molecular formula is C23H24N4O3S. The first-order chi connectivity index (χ1) is 15.0. The second-order valence-corrected chi connectivity index (χ2v) is 7.81. The van der Waals surface area contributed by atoms with E-state index in [-0.39, 0.29) is 30.7 Å². The number of amides is 3. The Morgan fingerprint density at radius 2 is 1.71 bits per heavy atom. The molecule has 3 aromatic rings. The van der Waals surface area contributed by atoms with Crippen LogP contribution in [-0.2, 0) is 22.4 Å². The maximum Gasteiger partial charge on any atom is 0.257 e. The third-order valence-corrected chi connectivity index (χ3v) is 5.43. The molecule has 7 nitrogen and oxygen atoms in total. The van der Waals surface area contributed by atoms with Gasteiger partial charge in [-0.25, -0.2) is 4.98 Å². The fourth-order valence-electron chi connectivity index (χ4n) is 2.94. The summed E-state index contributed by atoms with van der Waals surface area (Å²) in [6.45, 7) is 1.96. The molecule has 160 valence electrons. The van der Waals surface area contributed by atoms with Gasteiger partial charge in [-0.1, -0.05) is 43.3 Å². The van der Waals surface area contributed by atoms with E-state index in [0.717, 1.165) is 17.7 Å². The Hall–Kier alpha value is -3.52. The van der Waals surface area contributed by atoms with Gasteiger partial charge in [0, 0.05) is 23.7 Å². The lowest BCUT2D eigenvalue weighted by atomic mass is 10.1. The fraction of sp³-hybridized carbons (Fsp3) is 0.217. The topological polar surface area (TPSA) is 91.4 Å². The molecule has 0 aliphatic rings. The van der Waals surface area contributed by atoms with Gasteiger partial charge in [0.1, 0.15) is 0 Å². The average molecular weight is 437 g/mol. The lowest BCUT2D eigenvalue weighted by molar-refractivity contribution is -0.132. The van der Waals surface area contributed by atoms with Crippen molar-refractivity contribution in [1.82, 2.24) is 9.88 Å². The Kier molecular flexibility index (Phi) is 7.50. The number of aryl methyl sites for hydroxylation is 1. The van der Waals surface area contributed by atoms with Crippen molar-refractivity contribution in [2.24, 2.45) is 0 Å². The predicted octanol–water partition coefficient (Wildman–Crippen LogP) is 3.60. The van der Waals surface area contributed by atoms with Crippen molar-refractivity contribution in [1.29, 1.82) is 0 Å². The number of para-hydroxylation sites is 1. The standard InChI is InChI=1S/C23H24N4O3S/c1-3-16-9-7-8-12-19(16)25-20(28)14-27(2)21(29)13-18-15-31-23(24-18)26-22(30)17-10-5-4-6-11-17/h4-12,15H,3,13-14H2,1-2H3,(H,25,28)(H,24,26,30). The van der Waals surface area contributed by atoms with Gasteiger partial charge in [0.2, 0.25) is 11.8 Å². The van der Waals surface area contributed by atoms with Gasteiger partial charge in [0.25, 0.3) is 5.91 Å². The second kappa shape index (κ2) is 10.5. The third-order valence-electron chi connectivity index (χ3n) is 4.62. The molecule has 1 heterocycles. The first-order valence-corrected chi connectivity index (χ1v) is 10.8. The zero-order valence-electron chi connectivity index (χ0n) is 17.4. The fourth-order valence-corrected chi connectivity index (χ4v) is 3.64. The molecule has 3 rings (SSSR count). The Morgan fingerprint density at radius 3 is 2.45 bits per heavy atom. The van der Waals surface area contributed by atoms with Gasteiger partial charge in [0.15, 0.2) is 5.13 Å². The van der Waals surface area contributed by atoms with Gasteiger partial charge < -0.3 is 10.2 Å². The highest BCUT2D eigenvalue weighted by Gasteiger charge is 2.16. The molecule has 0 radical (unpaired) electrons. The minimum atomic E-state index is -0.258. The summed E-state index contributed by atoms with van der Waals surface area (Å²) in [5, 5.41) is 7.74. The normalized spacial score (nSPS) is 10.4. The highest BCUT2D eigenvalue weighted by molar-refractivity contribution is 7.14. The number of nitrogens with zero attached hydrogens (tertiary/aromatic N) is 2. The van der Waals surface area contributed by atoms with Crippen molar-refractivity contribution in [2.75, 3.05) is 24.2 Å². The van der Waals surface area contributed by atoms with E-state index in [9.17, 15) is 14.4 Å². The maximum absolute atomic E-state index is 12.5. The van der Waals surface area contributed by atoms with Crippen molar-refractivity contribution in [3.8, 4) is 0 Å². The van der Waals surface area contributed by atoms with Crippen molar-refractivity contribution in [3.05, 3.63) is 76.8 Å². The van der Waals surface area contributed by atoms with Crippen molar-refractivity contribution in [3.63, 3.8) is 0 Å². The van der Waals surface area contributed by atoms with E-state index < -0.39 is 0 Å². The predicted molar refractivity (Wildman–Crippen MR) is 122 cm³/mol. The minimum absolute atomic E-state index is 0.0486. The number of nitrogens with one attached hydrogen (secondary N) is 2. The molecule has 0 unspecified atom stereocenters. The van der Waals surface area contributed by atoms with Crippen molar-refractivity contribution >= 4 is 39.9 Å². The molecule has 0 fully saturated rings. The summed E-state index contributed by atoms with van der Waals surface area (Å²) in [7, 11) is 1.58. The average Bonchev–Trinajstić information content (AvgIpc) is 3.21. The Morgan fingerprint density at radius 1 is 1.00 bits per heavy atom. The van der Waals surface area contributed by atoms with Gasteiger partial charge >= 0.3 is 0 Å². The van der Waals surface area contributed by atoms with Crippen LogP contribution in [0.2, 0.25) is 0 Å². The summed E-state index contributed by atoms with van der Waals surface area (Å²) < 4.78 is 0. The summed E-state index contributed by atoms with van der Waals surface area (Å²) in [6, 6.07) is 16.4. The maximum atomic E-state index is 12.5. The van der Waals surface area contributed by atoms with Crippen molar-refractivity contribution in [2.45, 2.75) is 19.8 Å². The van der Waals surface area contributed by atoms with Gasteiger partial charge in [-0.3, -0.25) is 19.7 Å². The summed E-state index contributed by atoms with van der Waals surface area (Å²) >= 11 is 1.25. The minimum Gasteiger partial charge on any atom is -0.336 e. The van der Waals surface area contributed by atoms with E-state index in [0.29, 0.717) is 16.4 Å². The highest BCUT2D eigenvalue weighted by Crippen LogP contribution is 2.18. The van der Waals surface area contributed by atoms with Crippen LogP contribution in [0.15, 0.2) is 60.0 Å². The zero-order chi connectivity index (χ0) is 22.2.